The molecule has 0 saturated carbocycles. The van der Waals surface area contributed by atoms with Crippen molar-refractivity contribution >= 4 is 17.0 Å². The highest BCUT2D eigenvalue weighted by Crippen LogP contribution is 2.38. The van der Waals surface area contributed by atoms with Crippen LogP contribution in [0.25, 0.3) is 33.6 Å². The van der Waals surface area contributed by atoms with Gasteiger partial charge in [0.2, 0.25) is 0 Å². The largest absolute Gasteiger partial charge is 0.496 e. The summed E-state index contributed by atoms with van der Waals surface area (Å²) in [5.74, 6) is 1.09. The molecule has 2 fully saturated rings. The van der Waals surface area contributed by atoms with Crippen molar-refractivity contribution in [1.29, 1.82) is 5.26 Å². The van der Waals surface area contributed by atoms with Gasteiger partial charge >= 0.3 is 0 Å². The van der Waals surface area contributed by atoms with Crippen LogP contribution in [0.15, 0.2) is 59.1 Å². The number of methoxy groups -OCH3 is 1. The molecule has 0 bridgehead atoms. The third-order valence-electron chi connectivity index (χ3n) is 7.62. The molecule has 0 aliphatic carbocycles. The first-order chi connectivity index (χ1) is 20.5. The zero-order valence-electron chi connectivity index (χ0n) is 23.1. The van der Waals surface area contributed by atoms with Crippen LogP contribution in [-0.2, 0) is 9.47 Å². The van der Waals surface area contributed by atoms with Crippen molar-refractivity contribution in [2.45, 2.75) is 37.6 Å². The summed E-state index contributed by atoms with van der Waals surface area (Å²) in [5, 5.41) is 12.6. The lowest BCUT2D eigenvalue weighted by molar-refractivity contribution is 0.0142. The van der Waals surface area contributed by atoms with E-state index >= 15 is 0 Å². The quantitative estimate of drug-likeness (QED) is 0.311. The minimum absolute atomic E-state index is 0.0203. The van der Waals surface area contributed by atoms with Crippen LogP contribution in [0, 0.1) is 11.3 Å². The number of amides is 1. The van der Waals surface area contributed by atoms with Gasteiger partial charge in [0, 0.05) is 42.8 Å². The van der Waals surface area contributed by atoms with Gasteiger partial charge in [0.1, 0.15) is 41.1 Å². The number of furan rings is 1. The molecule has 4 aromatic rings. The number of ether oxygens (including phenoxy) is 4. The average molecular weight is 572 g/mol. The van der Waals surface area contributed by atoms with Crippen LogP contribution in [0.4, 0.5) is 4.39 Å². The Morgan fingerprint density at radius 2 is 1.86 bits per heavy atom. The maximum atomic E-state index is 14.2. The number of hydrogen-bond acceptors (Lipinski definition) is 8. The van der Waals surface area contributed by atoms with Crippen molar-refractivity contribution in [3.05, 3.63) is 65.9 Å². The summed E-state index contributed by atoms with van der Waals surface area (Å²) in [7, 11) is 1.51. The topological polar surface area (TPSA) is 116 Å². The van der Waals surface area contributed by atoms with Crippen molar-refractivity contribution < 1.29 is 32.5 Å². The Hall–Kier alpha value is -4.46. The molecule has 2 unspecified atom stereocenters. The number of rotatable bonds is 7. The van der Waals surface area contributed by atoms with Gasteiger partial charge in [0.25, 0.3) is 5.91 Å². The Balaban J connectivity index is 1.28. The number of halogens is 1. The molecular weight excluding hydrogens is 541 g/mol. The number of fused-ring (bicyclic) bond motifs is 1. The molecule has 216 valence electrons. The van der Waals surface area contributed by atoms with Crippen LogP contribution >= 0.6 is 0 Å². The van der Waals surface area contributed by atoms with Crippen LogP contribution in [0.5, 0.6) is 11.5 Å². The van der Waals surface area contributed by atoms with Gasteiger partial charge in [0.15, 0.2) is 5.58 Å². The number of nitrogens with one attached hydrogen (secondary N) is 1. The van der Waals surface area contributed by atoms with E-state index in [0.717, 1.165) is 24.0 Å². The van der Waals surface area contributed by atoms with E-state index in [-0.39, 0.29) is 18.6 Å². The Morgan fingerprint density at radius 1 is 1.02 bits per heavy atom. The third-order valence-corrected chi connectivity index (χ3v) is 7.62. The number of aromatic nitrogens is 1. The smallest absolute Gasteiger partial charge is 0.251 e. The number of nitrogens with zero attached hydrogens (tertiary/aromatic N) is 2. The molecule has 2 aromatic heterocycles. The summed E-state index contributed by atoms with van der Waals surface area (Å²) >= 11 is 0. The molecule has 0 spiro atoms. The third kappa shape index (κ3) is 5.66. The fraction of sp³-hybridized carbons (Fsp3) is 0.344. The van der Waals surface area contributed by atoms with Crippen LogP contribution in [-0.4, -0.2) is 62.7 Å². The normalized spacial score (nSPS) is 19.3. The lowest BCUT2D eigenvalue weighted by Gasteiger charge is -2.26. The molecule has 42 heavy (non-hydrogen) atoms. The fourth-order valence-electron chi connectivity index (χ4n) is 5.31. The van der Waals surface area contributed by atoms with Gasteiger partial charge in [-0.15, -0.1) is 0 Å². The van der Waals surface area contributed by atoms with E-state index < -0.39 is 12.2 Å². The SMILES string of the molecule is COc1cc(C(=O)NC2CCOCC2F)ccc1-c1cc2nccc(-c3ccc(OC4CCOCC4)c(C#N)c3)c2o1. The Kier molecular flexibility index (Phi) is 8.04. The highest BCUT2D eigenvalue weighted by atomic mass is 19.1. The van der Waals surface area contributed by atoms with Crippen molar-refractivity contribution in [3.63, 3.8) is 0 Å². The zero-order valence-corrected chi connectivity index (χ0v) is 23.1. The lowest BCUT2D eigenvalue weighted by atomic mass is 10.0. The maximum Gasteiger partial charge on any atom is 0.251 e. The van der Waals surface area contributed by atoms with E-state index in [0.29, 0.717) is 71.3 Å². The first-order valence-corrected chi connectivity index (χ1v) is 13.9. The molecule has 2 atom stereocenters. The van der Waals surface area contributed by atoms with E-state index in [1.165, 1.54) is 7.11 Å². The fourth-order valence-corrected chi connectivity index (χ4v) is 5.31. The van der Waals surface area contributed by atoms with Crippen LogP contribution in [0.1, 0.15) is 35.2 Å². The van der Waals surface area contributed by atoms with Crippen molar-refractivity contribution in [2.24, 2.45) is 0 Å². The van der Waals surface area contributed by atoms with Gasteiger partial charge in [-0.05, 0) is 48.4 Å². The van der Waals surface area contributed by atoms with Gasteiger partial charge in [-0.3, -0.25) is 9.78 Å². The van der Waals surface area contributed by atoms with Crippen molar-refractivity contribution in [2.75, 3.05) is 33.5 Å². The van der Waals surface area contributed by atoms with Crippen LogP contribution < -0.4 is 14.8 Å². The molecule has 1 N–H and O–H groups in total. The number of carbonyl (C=O) groups is 1. The number of carbonyl (C=O) groups excluding carboxylic acids is 1. The average Bonchev–Trinajstić information content (AvgIpc) is 3.47. The van der Waals surface area contributed by atoms with Gasteiger partial charge in [-0.25, -0.2) is 4.39 Å². The van der Waals surface area contributed by atoms with Gasteiger partial charge < -0.3 is 28.7 Å². The summed E-state index contributed by atoms with van der Waals surface area (Å²) < 4.78 is 42.7. The molecule has 2 saturated heterocycles. The molecule has 4 heterocycles. The molecule has 0 radical (unpaired) electrons. The summed E-state index contributed by atoms with van der Waals surface area (Å²) in [4.78, 5) is 17.3. The first-order valence-electron chi connectivity index (χ1n) is 13.9. The molecule has 2 aliphatic rings. The first kappa shape index (κ1) is 27.7. The van der Waals surface area contributed by atoms with E-state index in [4.69, 9.17) is 23.4 Å². The van der Waals surface area contributed by atoms with E-state index in [1.807, 2.05) is 18.2 Å². The summed E-state index contributed by atoms with van der Waals surface area (Å²) in [6.07, 6.45) is 2.45. The summed E-state index contributed by atoms with van der Waals surface area (Å²) in [6.45, 7) is 1.68. The standard InChI is InChI=1S/C32H30FN3O6/c1-38-29-15-20(32(37)36-26-9-13-40-18-25(26)33)2-4-24(29)30-16-27-31(42-30)23(6-10-35-27)19-3-5-28(21(14-19)17-34)41-22-7-11-39-12-8-22/h2-6,10,14-16,22,25-26H,7-9,11-13,18H2,1H3,(H,36,37). The summed E-state index contributed by atoms with van der Waals surface area (Å²) in [5.41, 5.74) is 4.14. The molecular formula is C32H30FN3O6. The number of hydrogen-bond donors (Lipinski definition) is 1. The Morgan fingerprint density at radius 3 is 2.64 bits per heavy atom. The number of pyridine rings is 1. The van der Waals surface area contributed by atoms with E-state index in [9.17, 15) is 14.4 Å². The highest BCUT2D eigenvalue weighted by molar-refractivity contribution is 5.97. The molecule has 2 aliphatic heterocycles. The van der Waals surface area contributed by atoms with E-state index in [1.54, 1.807) is 36.5 Å². The van der Waals surface area contributed by atoms with Gasteiger partial charge in [-0.2, -0.15) is 5.26 Å². The maximum absolute atomic E-state index is 14.2. The summed E-state index contributed by atoms with van der Waals surface area (Å²) in [6, 6.07) is 15.8. The molecule has 9 nitrogen and oxygen atoms in total. The number of nitriles is 1. The number of alkyl halides is 1. The van der Waals surface area contributed by atoms with Gasteiger partial charge in [0.05, 0.1) is 44.1 Å². The molecule has 2 aromatic carbocycles. The second-order valence-corrected chi connectivity index (χ2v) is 10.3. The monoisotopic (exact) mass is 571 g/mol. The zero-order chi connectivity index (χ0) is 29.1. The second kappa shape index (κ2) is 12.2. The molecule has 1 amide bonds. The Bertz CT molecular complexity index is 1640. The van der Waals surface area contributed by atoms with Crippen molar-refractivity contribution in [3.8, 4) is 40.0 Å². The predicted octanol–water partition coefficient (Wildman–Crippen LogP) is 5.46. The van der Waals surface area contributed by atoms with Crippen LogP contribution in [0.3, 0.4) is 0 Å². The minimum Gasteiger partial charge on any atom is -0.496 e. The lowest BCUT2D eigenvalue weighted by Crippen LogP contribution is -2.46. The minimum atomic E-state index is -1.25. The molecule has 6 rings (SSSR count). The number of benzene rings is 2. The molecule has 10 heteroatoms. The highest BCUT2D eigenvalue weighted by Gasteiger charge is 2.27. The predicted molar refractivity (Wildman–Crippen MR) is 152 cm³/mol. The van der Waals surface area contributed by atoms with E-state index in [2.05, 4.69) is 16.4 Å². The van der Waals surface area contributed by atoms with Gasteiger partial charge in [-0.1, -0.05) is 6.07 Å². The second-order valence-electron chi connectivity index (χ2n) is 10.3. The van der Waals surface area contributed by atoms with Crippen LogP contribution in [0.2, 0.25) is 0 Å². The Labute approximate surface area is 242 Å². The van der Waals surface area contributed by atoms with Crippen molar-refractivity contribution in [1.82, 2.24) is 10.3 Å².